The third kappa shape index (κ3) is 19.8. The van der Waals surface area contributed by atoms with Crippen molar-refractivity contribution < 1.29 is 24.7 Å². The summed E-state index contributed by atoms with van der Waals surface area (Å²) in [7, 11) is -16.6. The average Bonchev–Trinajstić information content (AvgIpc) is 2.51. The fourth-order valence-corrected chi connectivity index (χ4v) is 50.1. The Kier molecular flexibility index (Phi) is 14.6. The van der Waals surface area contributed by atoms with E-state index in [1.807, 2.05) is 0 Å². The van der Waals surface area contributed by atoms with Gasteiger partial charge in [0.15, 0.2) is 50.6 Å². The van der Waals surface area contributed by atoms with E-state index < -0.39 is 76.3 Å². The molecule has 0 aliphatic heterocycles. The molecular formula is C23H66O6Si9. The molecule has 0 amide bonds. The van der Waals surface area contributed by atoms with Crippen LogP contribution in [0, 0.1) is 0 Å². The van der Waals surface area contributed by atoms with Crippen LogP contribution in [0.2, 0.25) is 149 Å². The van der Waals surface area contributed by atoms with Gasteiger partial charge in [-0.25, -0.2) is 0 Å². The van der Waals surface area contributed by atoms with Crippen LogP contribution in [0.25, 0.3) is 0 Å². The van der Waals surface area contributed by atoms with E-state index in [0.717, 1.165) is 24.2 Å². The van der Waals surface area contributed by atoms with E-state index in [1.54, 1.807) is 0 Å². The lowest BCUT2D eigenvalue weighted by molar-refractivity contribution is 0.382. The molecule has 0 spiro atoms. The van der Waals surface area contributed by atoms with Gasteiger partial charge in [0.25, 0.3) is 0 Å². The van der Waals surface area contributed by atoms with Crippen molar-refractivity contribution in [3.63, 3.8) is 0 Å². The molecule has 0 bridgehead atoms. The smallest absolute Gasteiger partial charge is 0.311 e. The van der Waals surface area contributed by atoms with Crippen LogP contribution < -0.4 is 0 Å². The minimum Gasteiger partial charge on any atom is -0.440 e. The normalized spacial score (nSPS) is 15.5. The Bertz CT molecular complexity index is 735. The van der Waals surface area contributed by atoms with Gasteiger partial charge in [-0.05, 0) is 149 Å². The van der Waals surface area contributed by atoms with E-state index in [4.69, 9.17) is 24.7 Å². The molecule has 0 atom stereocenters. The van der Waals surface area contributed by atoms with Crippen LogP contribution in [-0.2, 0) is 24.7 Å². The Morgan fingerprint density at radius 1 is 0.368 bits per heavy atom. The summed E-state index contributed by atoms with van der Waals surface area (Å²) in [6.07, 6.45) is 0. The number of rotatable bonds is 18. The molecule has 230 valence electrons. The van der Waals surface area contributed by atoms with Gasteiger partial charge in [0.1, 0.15) is 0 Å². The van der Waals surface area contributed by atoms with Crippen molar-refractivity contribution in [1.82, 2.24) is 0 Å². The molecule has 0 radical (unpaired) electrons. The fourth-order valence-electron chi connectivity index (χ4n) is 5.44. The third-order valence-electron chi connectivity index (χ3n) is 5.82. The Morgan fingerprint density at radius 2 is 0.605 bits per heavy atom. The molecule has 38 heavy (non-hydrogen) atoms. The zero-order chi connectivity index (χ0) is 30.6. The predicted octanol–water partition coefficient (Wildman–Crippen LogP) is 8.83. The van der Waals surface area contributed by atoms with Crippen molar-refractivity contribution in [2.24, 2.45) is 0 Å². The van der Waals surface area contributed by atoms with Crippen LogP contribution in [0.15, 0.2) is 0 Å². The van der Waals surface area contributed by atoms with Gasteiger partial charge in [-0.3, -0.25) is 0 Å². The first-order valence-electron chi connectivity index (χ1n) is 14.5. The third-order valence-corrected chi connectivity index (χ3v) is 37.9. The van der Waals surface area contributed by atoms with E-state index in [2.05, 4.69) is 124 Å². The van der Waals surface area contributed by atoms with Crippen LogP contribution >= 0.6 is 0 Å². The van der Waals surface area contributed by atoms with Crippen molar-refractivity contribution in [2.75, 3.05) is 0 Å². The molecule has 0 aromatic heterocycles. The van der Waals surface area contributed by atoms with E-state index >= 15 is 0 Å². The molecule has 0 heterocycles. The summed E-state index contributed by atoms with van der Waals surface area (Å²) < 4.78 is 40.1. The summed E-state index contributed by atoms with van der Waals surface area (Å²) in [6, 6.07) is 4.45. The van der Waals surface area contributed by atoms with Gasteiger partial charge < -0.3 is 24.7 Å². The van der Waals surface area contributed by atoms with Gasteiger partial charge in [0.05, 0.1) is 0 Å². The molecule has 0 saturated heterocycles. The van der Waals surface area contributed by atoms with Crippen LogP contribution in [0.4, 0.5) is 0 Å². The molecule has 0 N–H and O–H groups in total. The topological polar surface area (TPSA) is 55.4 Å². The average molecular weight is 692 g/mol. The largest absolute Gasteiger partial charge is 0.440 e. The highest BCUT2D eigenvalue weighted by molar-refractivity contribution is 6.91. The summed E-state index contributed by atoms with van der Waals surface area (Å²) >= 11 is 0. The monoisotopic (exact) mass is 690 g/mol. The summed E-state index contributed by atoms with van der Waals surface area (Å²) in [6.45, 7) is 43.4. The Balaban J connectivity index is 5.07. The first-order valence-corrected chi connectivity index (χ1v) is 41.6. The molecule has 15 heteroatoms. The first-order chi connectivity index (χ1) is 16.4. The minimum atomic E-state index is -2.26. The molecule has 0 rings (SSSR count). The van der Waals surface area contributed by atoms with Gasteiger partial charge in [0.2, 0.25) is 0 Å². The van der Waals surface area contributed by atoms with Crippen LogP contribution in [0.1, 0.15) is 0 Å². The highest BCUT2D eigenvalue weighted by atomic mass is 28.5. The standard InChI is InChI=1S/C23H66O6Si9/c1-30(2)24-36(14,15)26-32(6,7)20-21-34(10,11)28-38(18,19)29-35(12,13)23-22-33(8,9)27-37(16,17)25-31(3,4)5/h30H,20-23H2,1-19H3. The minimum absolute atomic E-state index is 1.10. The number of hydrogen-bond acceptors (Lipinski definition) is 6. The first kappa shape index (κ1) is 39.7. The summed E-state index contributed by atoms with van der Waals surface area (Å²) in [5, 5.41) is 0. The quantitative estimate of drug-likeness (QED) is 0.134. The molecule has 0 unspecified atom stereocenters. The van der Waals surface area contributed by atoms with E-state index in [1.165, 1.54) is 0 Å². The van der Waals surface area contributed by atoms with Gasteiger partial charge >= 0.3 is 25.7 Å². The molecule has 6 nitrogen and oxygen atoms in total. The zero-order valence-corrected chi connectivity index (χ0v) is 38.0. The molecule has 0 fully saturated rings. The molecule has 0 aromatic rings. The lowest BCUT2D eigenvalue weighted by atomic mass is 10.9. The summed E-state index contributed by atoms with van der Waals surface area (Å²) in [4.78, 5) is 0. The zero-order valence-electron chi connectivity index (χ0n) is 28.9. The number of hydrogen-bond donors (Lipinski definition) is 0. The maximum atomic E-state index is 6.94. The molecule has 0 aromatic carbocycles. The second-order valence-corrected chi connectivity index (χ2v) is 51.9. The Hall–Kier alpha value is 1.71. The summed E-state index contributed by atoms with van der Waals surface area (Å²) in [5.41, 5.74) is 0. The van der Waals surface area contributed by atoms with E-state index in [0.29, 0.717) is 0 Å². The van der Waals surface area contributed by atoms with Crippen molar-refractivity contribution in [1.29, 1.82) is 0 Å². The highest BCUT2D eigenvalue weighted by Crippen LogP contribution is 2.32. The Labute approximate surface area is 248 Å². The van der Waals surface area contributed by atoms with Gasteiger partial charge in [-0.1, -0.05) is 0 Å². The molecule has 0 saturated carbocycles. The molecule has 0 aliphatic rings. The van der Waals surface area contributed by atoms with Gasteiger partial charge in [-0.15, -0.1) is 0 Å². The maximum Gasteiger partial charge on any atom is 0.311 e. The fraction of sp³-hybridized carbons (Fsp3) is 1.00. The SMILES string of the molecule is C[SiH](C)O[Si](C)(C)O[Si](C)(C)CC[Si](C)(C)O[Si](C)(C)O[Si](C)(C)CC[Si](C)(C)O[Si](C)(C)O[Si](C)(C)C. The molecular weight excluding hydrogens is 625 g/mol. The van der Waals surface area contributed by atoms with Gasteiger partial charge in [-0.2, -0.15) is 0 Å². The van der Waals surface area contributed by atoms with Crippen molar-refractivity contribution in [3.8, 4) is 0 Å². The van der Waals surface area contributed by atoms with Crippen molar-refractivity contribution in [3.05, 3.63) is 0 Å². The second kappa shape index (κ2) is 14.0. The van der Waals surface area contributed by atoms with Crippen LogP contribution in [0.5, 0.6) is 0 Å². The summed E-state index contributed by atoms with van der Waals surface area (Å²) in [5.74, 6) is 0. The van der Waals surface area contributed by atoms with Crippen LogP contribution in [0.3, 0.4) is 0 Å². The molecule has 0 aliphatic carbocycles. The Morgan fingerprint density at radius 3 is 0.842 bits per heavy atom. The maximum absolute atomic E-state index is 6.94. The van der Waals surface area contributed by atoms with Crippen molar-refractivity contribution in [2.45, 2.75) is 149 Å². The highest BCUT2D eigenvalue weighted by Gasteiger charge is 2.43. The lowest BCUT2D eigenvalue weighted by Gasteiger charge is -2.41. The van der Waals surface area contributed by atoms with E-state index in [9.17, 15) is 0 Å². The van der Waals surface area contributed by atoms with Crippen LogP contribution in [-0.4, -0.2) is 76.3 Å². The van der Waals surface area contributed by atoms with Gasteiger partial charge in [0, 0.05) is 0 Å². The predicted molar refractivity (Wildman–Crippen MR) is 190 cm³/mol. The van der Waals surface area contributed by atoms with Crippen molar-refractivity contribution >= 4 is 76.3 Å². The lowest BCUT2D eigenvalue weighted by Crippen LogP contribution is -2.54. The van der Waals surface area contributed by atoms with E-state index in [-0.39, 0.29) is 0 Å². The second-order valence-electron chi connectivity index (χ2n) is 16.0.